The predicted molar refractivity (Wildman–Crippen MR) is 101 cm³/mol. The molecule has 1 unspecified atom stereocenters. The molecule has 0 bridgehead atoms. The molecule has 1 aliphatic heterocycles. The first-order valence-corrected chi connectivity index (χ1v) is 9.45. The van der Waals surface area contributed by atoms with Gasteiger partial charge in [0, 0.05) is 6.04 Å². The zero-order valence-electron chi connectivity index (χ0n) is 13.8. The van der Waals surface area contributed by atoms with E-state index in [1.807, 2.05) is 6.07 Å². The Morgan fingerprint density at radius 2 is 2.16 bits per heavy atom. The molecule has 7 heteroatoms. The number of ether oxygens (including phenoxy) is 1. The maximum absolute atomic E-state index is 12.7. The van der Waals surface area contributed by atoms with Gasteiger partial charge < -0.3 is 9.84 Å². The summed E-state index contributed by atoms with van der Waals surface area (Å²) in [6, 6.07) is 7.26. The highest BCUT2D eigenvalue weighted by Crippen LogP contribution is 2.37. The van der Waals surface area contributed by atoms with Crippen molar-refractivity contribution in [1.82, 2.24) is 4.90 Å². The van der Waals surface area contributed by atoms with Crippen molar-refractivity contribution in [3.63, 3.8) is 0 Å². The molecule has 1 aromatic carbocycles. The summed E-state index contributed by atoms with van der Waals surface area (Å²) < 4.78 is 5.99. The first-order chi connectivity index (χ1) is 12.0. The van der Waals surface area contributed by atoms with Crippen molar-refractivity contribution < 1.29 is 19.4 Å². The van der Waals surface area contributed by atoms with Gasteiger partial charge in [-0.2, -0.15) is 0 Å². The molecule has 2 aliphatic rings. The Labute approximate surface area is 156 Å². The number of carbonyl (C=O) groups is 2. The maximum atomic E-state index is 12.7. The van der Waals surface area contributed by atoms with Gasteiger partial charge in [-0.15, -0.1) is 0 Å². The van der Waals surface area contributed by atoms with Gasteiger partial charge in [-0.3, -0.25) is 9.69 Å². The quantitative estimate of drug-likeness (QED) is 0.624. The fourth-order valence-electron chi connectivity index (χ4n) is 3.04. The molecule has 1 atom stereocenters. The molecule has 3 rings (SSSR count). The van der Waals surface area contributed by atoms with Gasteiger partial charge >= 0.3 is 5.97 Å². The minimum absolute atomic E-state index is 0.0351. The minimum atomic E-state index is -1.03. The molecule has 1 N–H and O–H groups in total. The largest absolute Gasteiger partial charge is 0.479 e. The van der Waals surface area contributed by atoms with Crippen molar-refractivity contribution in [2.75, 3.05) is 0 Å². The summed E-state index contributed by atoms with van der Waals surface area (Å²) in [5.74, 6) is -0.607. The van der Waals surface area contributed by atoms with E-state index in [9.17, 15) is 9.59 Å². The third kappa shape index (κ3) is 4.04. The molecule has 1 amide bonds. The second kappa shape index (κ2) is 7.58. The summed E-state index contributed by atoms with van der Waals surface area (Å²) >= 11 is 6.72. The number of carbonyl (C=O) groups excluding carboxylic acids is 1. The molecule has 1 aliphatic carbocycles. The smallest absolute Gasteiger partial charge is 0.344 e. The Balaban J connectivity index is 1.77. The van der Waals surface area contributed by atoms with E-state index in [4.69, 9.17) is 22.1 Å². The first kappa shape index (κ1) is 17.9. The van der Waals surface area contributed by atoms with Crippen molar-refractivity contribution in [1.29, 1.82) is 0 Å². The average Bonchev–Trinajstić information content (AvgIpc) is 3.16. The van der Waals surface area contributed by atoms with Gasteiger partial charge in [0.2, 0.25) is 0 Å². The van der Waals surface area contributed by atoms with Crippen molar-refractivity contribution in [2.45, 2.75) is 44.8 Å². The fraction of sp³-hybridized carbons (Fsp3) is 0.389. The van der Waals surface area contributed by atoms with Crippen LogP contribution >= 0.6 is 24.0 Å². The number of thioether (sulfide) groups is 1. The van der Waals surface area contributed by atoms with Crippen LogP contribution in [-0.4, -0.2) is 38.3 Å². The van der Waals surface area contributed by atoms with E-state index in [1.165, 1.54) is 18.7 Å². The SMILES string of the molecule is CC(Oc1cccc(/C=C2/SC(=S)N(C3CCCC3)C2=O)c1)C(=O)O. The monoisotopic (exact) mass is 377 g/mol. The van der Waals surface area contributed by atoms with E-state index in [2.05, 4.69) is 0 Å². The number of rotatable bonds is 5. The highest BCUT2D eigenvalue weighted by molar-refractivity contribution is 8.26. The van der Waals surface area contributed by atoms with Crippen LogP contribution in [0, 0.1) is 0 Å². The average molecular weight is 377 g/mol. The molecule has 1 heterocycles. The molecule has 2 fully saturated rings. The van der Waals surface area contributed by atoms with E-state index in [0.717, 1.165) is 31.2 Å². The predicted octanol–water partition coefficient (Wildman–Crippen LogP) is 3.68. The molecule has 1 aromatic rings. The lowest BCUT2D eigenvalue weighted by Gasteiger charge is -2.21. The number of thiocarbonyl (C=S) groups is 1. The number of hydrogen-bond donors (Lipinski definition) is 1. The second-order valence-electron chi connectivity index (χ2n) is 6.16. The van der Waals surface area contributed by atoms with Crippen LogP contribution in [0.5, 0.6) is 5.75 Å². The number of carboxylic acid groups (broad SMARTS) is 1. The Bertz CT molecular complexity index is 740. The number of aliphatic carboxylic acids is 1. The second-order valence-corrected chi connectivity index (χ2v) is 7.84. The number of hydrogen-bond acceptors (Lipinski definition) is 5. The van der Waals surface area contributed by atoms with Gasteiger partial charge in [-0.05, 0) is 43.5 Å². The number of benzene rings is 1. The van der Waals surface area contributed by atoms with Crippen LogP contribution in [0.2, 0.25) is 0 Å². The molecule has 1 saturated carbocycles. The lowest BCUT2D eigenvalue weighted by Crippen LogP contribution is -2.36. The minimum Gasteiger partial charge on any atom is -0.479 e. The summed E-state index contributed by atoms with van der Waals surface area (Å²) in [6.45, 7) is 1.47. The standard InChI is InChI=1S/C18H19NO4S2/c1-11(17(21)22)23-14-8-4-5-12(9-14)10-15-16(20)19(18(24)25-15)13-6-2-3-7-13/h4-5,8-11,13H,2-3,6-7H2,1H3,(H,21,22)/b15-10+. The summed E-state index contributed by atoms with van der Waals surface area (Å²) in [7, 11) is 0. The number of carboxylic acids is 1. The molecule has 5 nitrogen and oxygen atoms in total. The van der Waals surface area contributed by atoms with Crippen LogP contribution in [-0.2, 0) is 9.59 Å². The van der Waals surface area contributed by atoms with Gasteiger partial charge in [0.25, 0.3) is 5.91 Å². The zero-order chi connectivity index (χ0) is 18.0. The lowest BCUT2D eigenvalue weighted by molar-refractivity contribution is -0.144. The van der Waals surface area contributed by atoms with Crippen LogP contribution in [0.1, 0.15) is 38.2 Å². The van der Waals surface area contributed by atoms with Crippen LogP contribution in [0.3, 0.4) is 0 Å². The Kier molecular flexibility index (Phi) is 5.44. The van der Waals surface area contributed by atoms with Crippen molar-refractivity contribution >= 4 is 46.3 Å². The molecule has 25 heavy (non-hydrogen) atoms. The van der Waals surface area contributed by atoms with E-state index in [0.29, 0.717) is 15.0 Å². The highest BCUT2D eigenvalue weighted by Gasteiger charge is 2.38. The number of nitrogens with zero attached hydrogens (tertiary/aromatic N) is 1. The van der Waals surface area contributed by atoms with E-state index in [1.54, 1.807) is 29.2 Å². The number of amides is 1. The first-order valence-electron chi connectivity index (χ1n) is 8.22. The summed E-state index contributed by atoms with van der Waals surface area (Å²) in [5, 5.41) is 8.93. The van der Waals surface area contributed by atoms with Gasteiger partial charge in [0.15, 0.2) is 6.10 Å². The summed E-state index contributed by atoms with van der Waals surface area (Å²) in [4.78, 5) is 26.0. The Morgan fingerprint density at radius 1 is 1.44 bits per heavy atom. The molecule has 132 valence electrons. The van der Waals surface area contributed by atoms with Crippen LogP contribution in [0.4, 0.5) is 0 Å². The van der Waals surface area contributed by atoms with Crippen LogP contribution in [0.15, 0.2) is 29.2 Å². The fourth-order valence-corrected chi connectivity index (χ4v) is 4.44. The molecule has 0 radical (unpaired) electrons. The van der Waals surface area contributed by atoms with Gasteiger partial charge in [-0.25, -0.2) is 4.79 Å². The molecule has 1 saturated heterocycles. The molecular formula is C18H19NO4S2. The topological polar surface area (TPSA) is 66.8 Å². The highest BCUT2D eigenvalue weighted by atomic mass is 32.2. The Morgan fingerprint density at radius 3 is 2.84 bits per heavy atom. The van der Waals surface area contributed by atoms with Gasteiger partial charge in [0.05, 0.1) is 4.91 Å². The zero-order valence-corrected chi connectivity index (χ0v) is 15.4. The lowest BCUT2D eigenvalue weighted by atomic mass is 10.2. The van der Waals surface area contributed by atoms with Crippen molar-refractivity contribution in [3.05, 3.63) is 34.7 Å². The van der Waals surface area contributed by atoms with Gasteiger partial charge in [0.1, 0.15) is 10.1 Å². The van der Waals surface area contributed by atoms with E-state index >= 15 is 0 Å². The van der Waals surface area contributed by atoms with Gasteiger partial charge in [-0.1, -0.05) is 49.0 Å². The van der Waals surface area contributed by atoms with Crippen molar-refractivity contribution in [3.8, 4) is 5.75 Å². The summed E-state index contributed by atoms with van der Waals surface area (Å²) in [6.07, 6.45) is 5.15. The van der Waals surface area contributed by atoms with Crippen LogP contribution < -0.4 is 4.74 Å². The third-order valence-electron chi connectivity index (χ3n) is 4.33. The van der Waals surface area contributed by atoms with E-state index < -0.39 is 12.1 Å². The van der Waals surface area contributed by atoms with Crippen LogP contribution in [0.25, 0.3) is 6.08 Å². The Hall–Kier alpha value is -1.86. The maximum Gasteiger partial charge on any atom is 0.344 e. The third-order valence-corrected chi connectivity index (χ3v) is 5.66. The molecule has 0 aromatic heterocycles. The molecular weight excluding hydrogens is 358 g/mol. The van der Waals surface area contributed by atoms with E-state index in [-0.39, 0.29) is 11.9 Å². The normalized spacial score (nSPS) is 21.2. The summed E-state index contributed by atoms with van der Waals surface area (Å²) in [5.41, 5.74) is 0.780. The van der Waals surface area contributed by atoms with Crippen molar-refractivity contribution in [2.24, 2.45) is 0 Å². The molecule has 0 spiro atoms.